The molecule has 0 aromatic heterocycles. The normalized spacial score (nSPS) is 18.4. The summed E-state index contributed by atoms with van der Waals surface area (Å²) in [6.45, 7) is 2.08. The Morgan fingerprint density at radius 2 is 1.76 bits per heavy atom. The molecule has 29 heavy (non-hydrogen) atoms. The van der Waals surface area contributed by atoms with Crippen molar-refractivity contribution in [2.75, 3.05) is 7.11 Å². The summed E-state index contributed by atoms with van der Waals surface area (Å²) in [4.78, 5) is 13.5. The van der Waals surface area contributed by atoms with Crippen molar-refractivity contribution in [3.63, 3.8) is 0 Å². The summed E-state index contributed by atoms with van der Waals surface area (Å²) in [6, 6.07) is 23.7. The Morgan fingerprint density at radius 3 is 2.48 bits per heavy atom. The van der Waals surface area contributed by atoms with E-state index in [4.69, 9.17) is 16.3 Å². The molecule has 0 fully saturated rings. The first-order valence-electron chi connectivity index (χ1n) is 9.77. The minimum Gasteiger partial charge on any atom is -0.496 e. The number of rotatable bonds is 5. The first-order valence-corrected chi connectivity index (χ1v) is 10.1. The van der Waals surface area contributed by atoms with E-state index in [0.29, 0.717) is 10.6 Å². The van der Waals surface area contributed by atoms with Gasteiger partial charge in [0.05, 0.1) is 7.11 Å². The number of carbonyl (C=O) groups excluding carboxylic acids is 1. The van der Waals surface area contributed by atoms with Crippen LogP contribution in [-0.4, -0.2) is 12.9 Å². The molecule has 2 nitrogen and oxygen atoms in total. The Hall–Kier alpha value is -2.84. The summed E-state index contributed by atoms with van der Waals surface area (Å²) >= 11 is 6.15. The number of halogens is 1. The molecule has 0 amide bonds. The number of hydrogen-bond acceptors (Lipinski definition) is 2. The van der Waals surface area contributed by atoms with Crippen molar-refractivity contribution in [1.29, 1.82) is 0 Å². The first kappa shape index (κ1) is 19.5. The van der Waals surface area contributed by atoms with Crippen LogP contribution < -0.4 is 4.74 Å². The van der Waals surface area contributed by atoms with Gasteiger partial charge in [-0.3, -0.25) is 4.79 Å². The van der Waals surface area contributed by atoms with E-state index in [-0.39, 0.29) is 17.6 Å². The molecule has 3 aromatic carbocycles. The van der Waals surface area contributed by atoms with Crippen molar-refractivity contribution in [2.45, 2.75) is 19.3 Å². The molecule has 0 saturated heterocycles. The molecule has 0 N–H and O–H groups in total. The van der Waals surface area contributed by atoms with Crippen LogP contribution in [0.3, 0.4) is 0 Å². The summed E-state index contributed by atoms with van der Waals surface area (Å²) < 4.78 is 5.61. The third kappa shape index (κ3) is 3.99. The van der Waals surface area contributed by atoms with Crippen LogP contribution in [0, 0.1) is 12.8 Å². The average molecular weight is 403 g/mol. The summed E-state index contributed by atoms with van der Waals surface area (Å²) in [5.41, 5.74) is 5.29. The molecule has 3 heteroatoms. The summed E-state index contributed by atoms with van der Waals surface area (Å²) in [6.07, 6.45) is 2.92. The van der Waals surface area contributed by atoms with Crippen LogP contribution in [0.5, 0.6) is 5.75 Å². The average Bonchev–Trinajstić information content (AvgIpc) is 3.19. The lowest BCUT2D eigenvalue weighted by atomic mass is 9.83. The monoisotopic (exact) mass is 402 g/mol. The largest absolute Gasteiger partial charge is 0.496 e. The maximum absolute atomic E-state index is 13.5. The van der Waals surface area contributed by atoms with Crippen LogP contribution in [0.4, 0.5) is 0 Å². The number of Topliss-reactive ketones (excluding diaryl/α,β-unsaturated/α-hetero) is 1. The van der Waals surface area contributed by atoms with E-state index in [1.807, 2.05) is 30.3 Å². The molecule has 2 unspecified atom stereocenters. The molecule has 0 radical (unpaired) electrons. The highest BCUT2D eigenvalue weighted by molar-refractivity contribution is 6.31. The van der Waals surface area contributed by atoms with Crippen LogP contribution in [0.2, 0.25) is 5.02 Å². The highest BCUT2D eigenvalue weighted by Crippen LogP contribution is 2.46. The van der Waals surface area contributed by atoms with E-state index < -0.39 is 0 Å². The molecular weight excluding hydrogens is 380 g/mol. The topological polar surface area (TPSA) is 26.3 Å². The third-order valence-corrected chi connectivity index (χ3v) is 5.86. The van der Waals surface area contributed by atoms with Gasteiger partial charge in [-0.25, -0.2) is 0 Å². The Balaban J connectivity index is 1.77. The second-order valence-corrected chi connectivity index (χ2v) is 7.95. The van der Waals surface area contributed by atoms with Gasteiger partial charge in [0.25, 0.3) is 0 Å². The Bertz CT molecular complexity index is 1070. The first-order chi connectivity index (χ1) is 14.1. The van der Waals surface area contributed by atoms with Gasteiger partial charge in [0.15, 0.2) is 5.78 Å². The summed E-state index contributed by atoms with van der Waals surface area (Å²) in [5, 5.41) is 0.574. The minimum absolute atomic E-state index is 0.0222. The predicted octanol–water partition coefficient (Wildman–Crippen LogP) is 6.73. The zero-order valence-corrected chi connectivity index (χ0v) is 17.3. The van der Waals surface area contributed by atoms with E-state index in [9.17, 15) is 4.79 Å². The molecule has 0 spiro atoms. The van der Waals surface area contributed by atoms with Crippen molar-refractivity contribution in [3.05, 3.63) is 106 Å². The highest BCUT2D eigenvalue weighted by Gasteiger charge is 2.36. The molecule has 4 rings (SSSR count). The van der Waals surface area contributed by atoms with E-state index in [0.717, 1.165) is 23.3 Å². The van der Waals surface area contributed by atoms with Crippen molar-refractivity contribution >= 4 is 23.0 Å². The molecule has 146 valence electrons. The molecular formula is C26H23ClO2. The van der Waals surface area contributed by atoms with Crippen LogP contribution in [-0.2, 0) is 0 Å². The quantitative estimate of drug-likeness (QED) is 0.442. The van der Waals surface area contributed by atoms with Crippen molar-refractivity contribution in [1.82, 2.24) is 0 Å². The van der Waals surface area contributed by atoms with Gasteiger partial charge in [0, 0.05) is 22.4 Å². The van der Waals surface area contributed by atoms with Crippen molar-refractivity contribution in [2.24, 2.45) is 5.92 Å². The lowest BCUT2D eigenvalue weighted by Crippen LogP contribution is -2.18. The number of carbonyl (C=O) groups is 1. The van der Waals surface area contributed by atoms with Gasteiger partial charge in [-0.1, -0.05) is 77.8 Å². The maximum Gasteiger partial charge on any atom is 0.170 e. The van der Waals surface area contributed by atoms with Crippen molar-refractivity contribution < 1.29 is 9.53 Å². The van der Waals surface area contributed by atoms with Crippen LogP contribution in [0.25, 0.3) is 5.57 Å². The Morgan fingerprint density at radius 1 is 1.00 bits per heavy atom. The van der Waals surface area contributed by atoms with Gasteiger partial charge in [0.1, 0.15) is 5.75 Å². The van der Waals surface area contributed by atoms with Gasteiger partial charge < -0.3 is 4.74 Å². The maximum atomic E-state index is 13.5. The van der Waals surface area contributed by atoms with E-state index >= 15 is 0 Å². The minimum atomic E-state index is -0.263. The van der Waals surface area contributed by atoms with Crippen LogP contribution >= 0.6 is 11.6 Å². The van der Waals surface area contributed by atoms with Gasteiger partial charge in [0.2, 0.25) is 0 Å². The van der Waals surface area contributed by atoms with E-state index in [1.54, 1.807) is 19.2 Å². The van der Waals surface area contributed by atoms with Gasteiger partial charge in [-0.2, -0.15) is 0 Å². The smallest absolute Gasteiger partial charge is 0.170 e. The molecule has 0 aliphatic heterocycles. The number of benzene rings is 3. The lowest BCUT2D eigenvalue weighted by Gasteiger charge is -2.21. The summed E-state index contributed by atoms with van der Waals surface area (Å²) in [5.74, 6) is 0.667. The molecule has 2 atom stereocenters. The van der Waals surface area contributed by atoms with Crippen molar-refractivity contribution in [3.8, 4) is 5.75 Å². The van der Waals surface area contributed by atoms with E-state index in [2.05, 4.69) is 43.3 Å². The summed E-state index contributed by atoms with van der Waals surface area (Å²) in [7, 11) is 1.68. The number of ether oxygens (including phenoxy) is 1. The number of aryl methyl sites for hydroxylation is 1. The highest BCUT2D eigenvalue weighted by atomic mass is 35.5. The Kier molecular flexibility index (Phi) is 5.55. The zero-order chi connectivity index (χ0) is 20.4. The van der Waals surface area contributed by atoms with Crippen LogP contribution in [0.15, 0.2) is 78.9 Å². The van der Waals surface area contributed by atoms with E-state index in [1.165, 1.54) is 11.1 Å². The molecule has 1 aliphatic carbocycles. The zero-order valence-electron chi connectivity index (χ0n) is 16.6. The third-order valence-electron chi connectivity index (χ3n) is 5.63. The predicted molar refractivity (Wildman–Crippen MR) is 119 cm³/mol. The standard InChI is InChI=1S/C26H23ClO2/c1-17-10-12-18(13-11-17)20-15-23(22-8-3-4-9-25(22)29-2)24(16-20)26(28)19-6-5-7-21(27)14-19/h3-14,16,23-24H,15H2,1-2H3. The van der Waals surface area contributed by atoms with Gasteiger partial charge in [-0.15, -0.1) is 0 Å². The molecule has 1 aliphatic rings. The fraction of sp³-hybridized carbons (Fsp3) is 0.192. The second kappa shape index (κ2) is 8.26. The number of methoxy groups -OCH3 is 1. The number of hydrogen-bond donors (Lipinski definition) is 0. The molecule has 3 aromatic rings. The molecule has 0 saturated carbocycles. The van der Waals surface area contributed by atoms with Crippen LogP contribution in [0.1, 0.15) is 39.4 Å². The fourth-order valence-corrected chi connectivity index (χ4v) is 4.31. The van der Waals surface area contributed by atoms with Gasteiger partial charge in [-0.05, 0) is 48.2 Å². The second-order valence-electron chi connectivity index (χ2n) is 7.51. The molecule has 0 heterocycles. The molecule has 0 bridgehead atoms. The van der Waals surface area contributed by atoms with Gasteiger partial charge >= 0.3 is 0 Å². The number of ketones is 1. The number of para-hydroxylation sites is 1. The number of allylic oxidation sites excluding steroid dienone is 2. The fourth-order valence-electron chi connectivity index (χ4n) is 4.12. The Labute approximate surface area is 176 Å². The SMILES string of the molecule is COc1ccccc1C1CC(c2ccc(C)cc2)=CC1C(=O)c1cccc(Cl)c1. The lowest BCUT2D eigenvalue weighted by molar-refractivity contribution is 0.0934.